The standard InChI is InChI=1S/C23H30FN3O4S/c1-17(22(29)25-23(2,3)4)26(15-18-11-13-19(24)14-12-18)21(28)16-27(32(5,30)31)20-9-7-6-8-10-20/h6-14,17H,15-16H2,1-5H3,(H,25,29)/t17-/m0/s1. The zero-order valence-corrected chi connectivity index (χ0v) is 19.8. The van der Waals surface area contributed by atoms with E-state index in [4.69, 9.17) is 0 Å². The van der Waals surface area contributed by atoms with Gasteiger partial charge in [-0.05, 0) is 57.5 Å². The van der Waals surface area contributed by atoms with E-state index in [1.54, 1.807) is 37.3 Å². The third kappa shape index (κ3) is 7.33. The van der Waals surface area contributed by atoms with Gasteiger partial charge in [0.1, 0.15) is 18.4 Å². The Morgan fingerprint density at radius 2 is 1.59 bits per heavy atom. The third-order valence-corrected chi connectivity index (χ3v) is 5.80. The molecule has 0 spiro atoms. The summed E-state index contributed by atoms with van der Waals surface area (Å²) in [6.45, 7) is 6.59. The first-order valence-corrected chi connectivity index (χ1v) is 12.0. The van der Waals surface area contributed by atoms with Crippen molar-refractivity contribution in [2.24, 2.45) is 0 Å². The number of carbonyl (C=O) groups excluding carboxylic acids is 2. The molecule has 0 aliphatic carbocycles. The number of nitrogens with one attached hydrogen (secondary N) is 1. The molecule has 9 heteroatoms. The molecule has 0 unspecified atom stereocenters. The minimum atomic E-state index is -3.76. The summed E-state index contributed by atoms with van der Waals surface area (Å²) >= 11 is 0. The van der Waals surface area contributed by atoms with Gasteiger partial charge in [0.15, 0.2) is 0 Å². The van der Waals surface area contributed by atoms with Gasteiger partial charge in [-0.25, -0.2) is 12.8 Å². The number of hydrogen-bond acceptors (Lipinski definition) is 4. The molecule has 0 saturated carbocycles. The highest BCUT2D eigenvalue weighted by molar-refractivity contribution is 7.92. The number of anilines is 1. The zero-order valence-electron chi connectivity index (χ0n) is 19.0. The van der Waals surface area contributed by atoms with Crippen LogP contribution in [0.15, 0.2) is 54.6 Å². The predicted octanol–water partition coefficient (Wildman–Crippen LogP) is 2.92. The van der Waals surface area contributed by atoms with Gasteiger partial charge in [0.2, 0.25) is 21.8 Å². The van der Waals surface area contributed by atoms with Crippen LogP contribution in [0.4, 0.5) is 10.1 Å². The normalized spacial score (nSPS) is 12.7. The van der Waals surface area contributed by atoms with Crippen molar-refractivity contribution in [2.75, 3.05) is 17.1 Å². The quantitative estimate of drug-likeness (QED) is 0.652. The number of nitrogens with zero attached hydrogens (tertiary/aromatic N) is 2. The van der Waals surface area contributed by atoms with E-state index in [1.165, 1.54) is 29.2 Å². The van der Waals surface area contributed by atoms with Crippen LogP contribution in [0.1, 0.15) is 33.3 Å². The number of halogens is 1. The Bertz CT molecular complexity index is 1040. The monoisotopic (exact) mass is 463 g/mol. The largest absolute Gasteiger partial charge is 0.350 e. The number of para-hydroxylation sites is 1. The number of amides is 2. The van der Waals surface area contributed by atoms with Crippen molar-refractivity contribution in [3.8, 4) is 0 Å². The average Bonchev–Trinajstić information content (AvgIpc) is 2.69. The Hall–Kier alpha value is -2.94. The Kier molecular flexibility index (Phi) is 8.01. The van der Waals surface area contributed by atoms with Gasteiger partial charge in [0.25, 0.3) is 0 Å². The number of rotatable bonds is 8. The highest BCUT2D eigenvalue weighted by Gasteiger charge is 2.31. The molecule has 0 saturated heterocycles. The van der Waals surface area contributed by atoms with Crippen LogP contribution in [-0.4, -0.2) is 49.5 Å². The summed E-state index contributed by atoms with van der Waals surface area (Å²) in [4.78, 5) is 27.4. The van der Waals surface area contributed by atoms with E-state index >= 15 is 0 Å². The van der Waals surface area contributed by atoms with Gasteiger partial charge in [0, 0.05) is 12.1 Å². The summed E-state index contributed by atoms with van der Waals surface area (Å²) in [7, 11) is -3.76. The lowest BCUT2D eigenvalue weighted by Crippen LogP contribution is -2.54. The smallest absolute Gasteiger partial charge is 0.244 e. The average molecular weight is 464 g/mol. The lowest BCUT2D eigenvalue weighted by atomic mass is 10.1. The SMILES string of the molecule is C[C@@H](C(=O)NC(C)(C)C)N(Cc1ccc(F)cc1)C(=O)CN(c1ccccc1)S(C)(=O)=O. The number of carbonyl (C=O) groups is 2. The van der Waals surface area contributed by atoms with Crippen LogP contribution in [-0.2, 0) is 26.2 Å². The van der Waals surface area contributed by atoms with Gasteiger partial charge >= 0.3 is 0 Å². The molecule has 0 fully saturated rings. The molecule has 0 bridgehead atoms. The molecule has 2 rings (SSSR count). The Morgan fingerprint density at radius 3 is 2.09 bits per heavy atom. The fourth-order valence-corrected chi connectivity index (χ4v) is 3.90. The van der Waals surface area contributed by atoms with Crippen molar-refractivity contribution in [1.82, 2.24) is 10.2 Å². The van der Waals surface area contributed by atoms with E-state index < -0.39 is 39.9 Å². The minimum Gasteiger partial charge on any atom is -0.350 e. The maximum Gasteiger partial charge on any atom is 0.244 e. The molecule has 1 atom stereocenters. The molecular weight excluding hydrogens is 433 g/mol. The minimum absolute atomic E-state index is 0.0181. The fraction of sp³-hybridized carbons (Fsp3) is 0.391. The molecule has 1 N–H and O–H groups in total. The van der Waals surface area contributed by atoms with Crippen LogP contribution in [0.2, 0.25) is 0 Å². The summed E-state index contributed by atoms with van der Waals surface area (Å²) in [6, 6.07) is 13.0. The first-order valence-electron chi connectivity index (χ1n) is 10.2. The second-order valence-electron chi connectivity index (χ2n) is 8.67. The third-order valence-electron chi connectivity index (χ3n) is 4.66. The Morgan fingerprint density at radius 1 is 1.03 bits per heavy atom. The molecule has 2 amide bonds. The predicted molar refractivity (Wildman–Crippen MR) is 123 cm³/mol. The van der Waals surface area contributed by atoms with Crippen molar-refractivity contribution in [3.63, 3.8) is 0 Å². The van der Waals surface area contributed by atoms with Crippen LogP contribution in [0, 0.1) is 5.82 Å². The Labute approximate surface area is 189 Å². The molecule has 174 valence electrons. The zero-order chi connectivity index (χ0) is 24.1. The van der Waals surface area contributed by atoms with Gasteiger partial charge in [-0.3, -0.25) is 13.9 Å². The van der Waals surface area contributed by atoms with Crippen LogP contribution in [0.5, 0.6) is 0 Å². The molecule has 0 aliphatic heterocycles. The molecule has 0 aromatic heterocycles. The fourth-order valence-electron chi connectivity index (χ4n) is 3.05. The van der Waals surface area contributed by atoms with Crippen LogP contribution in [0.25, 0.3) is 0 Å². The highest BCUT2D eigenvalue weighted by Crippen LogP contribution is 2.19. The molecule has 2 aromatic rings. The molecule has 7 nitrogen and oxygen atoms in total. The van der Waals surface area contributed by atoms with E-state index in [-0.39, 0.29) is 12.5 Å². The molecular formula is C23H30FN3O4S. The second-order valence-corrected chi connectivity index (χ2v) is 10.6. The summed E-state index contributed by atoms with van der Waals surface area (Å²) in [6.07, 6.45) is 1.02. The lowest BCUT2D eigenvalue weighted by Gasteiger charge is -2.33. The van der Waals surface area contributed by atoms with Crippen molar-refractivity contribution in [3.05, 3.63) is 66.0 Å². The first-order chi connectivity index (χ1) is 14.8. The van der Waals surface area contributed by atoms with Gasteiger partial charge < -0.3 is 10.2 Å². The Balaban J connectivity index is 2.36. The number of benzene rings is 2. The van der Waals surface area contributed by atoms with Gasteiger partial charge in [0.05, 0.1) is 11.9 Å². The summed E-state index contributed by atoms with van der Waals surface area (Å²) < 4.78 is 39.2. The topological polar surface area (TPSA) is 86.8 Å². The van der Waals surface area contributed by atoms with E-state index in [9.17, 15) is 22.4 Å². The van der Waals surface area contributed by atoms with E-state index in [0.717, 1.165) is 10.6 Å². The van der Waals surface area contributed by atoms with E-state index in [1.807, 2.05) is 20.8 Å². The summed E-state index contributed by atoms with van der Waals surface area (Å²) in [5.41, 5.74) is 0.441. The highest BCUT2D eigenvalue weighted by atomic mass is 32.2. The number of sulfonamides is 1. The van der Waals surface area contributed by atoms with Gasteiger partial charge in [-0.1, -0.05) is 30.3 Å². The van der Waals surface area contributed by atoms with Crippen molar-refractivity contribution >= 4 is 27.5 Å². The maximum absolute atomic E-state index is 13.3. The molecule has 0 aliphatic rings. The molecule has 32 heavy (non-hydrogen) atoms. The lowest BCUT2D eigenvalue weighted by molar-refractivity contribution is -0.140. The second kappa shape index (κ2) is 10.1. The summed E-state index contributed by atoms with van der Waals surface area (Å²) in [5.74, 6) is -1.35. The maximum atomic E-state index is 13.3. The number of hydrogen-bond donors (Lipinski definition) is 1. The summed E-state index contributed by atoms with van der Waals surface area (Å²) in [5, 5.41) is 2.84. The van der Waals surface area contributed by atoms with Crippen molar-refractivity contribution in [2.45, 2.75) is 45.8 Å². The van der Waals surface area contributed by atoms with Gasteiger partial charge in [-0.15, -0.1) is 0 Å². The van der Waals surface area contributed by atoms with Crippen LogP contribution < -0.4 is 9.62 Å². The van der Waals surface area contributed by atoms with Gasteiger partial charge in [-0.2, -0.15) is 0 Å². The van der Waals surface area contributed by atoms with Crippen molar-refractivity contribution < 1.29 is 22.4 Å². The van der Waals surface area contributed by atoms with Crippen molar-refractivity contribution in [1.29, 1.82) is 0 Å². The first kappa shape index (κ1) is 25.3. The van der Waals surface area contributed by atoms with Crippen LogP contribution in [0.3, 0.4) is 0 Å². The molecule has 2 aromatic carbocycles. The van der Waals surface area contributed by atoms with Crippen LogP contribution >= 0.6 is 0 Å². The van der Waals surface area contributed by atoms with E-state index in [0.29, 0.717) is 11.3 Å². The van der Waals surface area contributed by atoms with E-state index in [2.05, 4.69) is 5.32 Å². The molecule has 0 heterocycles. The molecule has 0 radical (unpaired) electrons.